The highest BCUT2D eigenvalue weighted by molar-refractivity contribution is 6.35. The third-order valence-electron chi connectivity index (χ3n) is 4.65. The number of hydrogen-bond donors (Lipinski definition) is 1. The van der Waals surface area contributed by atoms with E-state index in [0.717, 1.165) is 16.6 Å². The number of morpholine rings is 1. The molecule has 1 fully saturated rings. The number of pyridine rings is 1. The van der Waals surface area contributed by atoms with Crippen LogP contribution >= 0.6 is 11.6 Å². The van der Waals surface area contributed by atoms with Crippen molar-refractivity contribution in [1.29, 1.82) is 0 Å². The third-order valence-corrected chi connectivity index (χ3v) is 4.96. The van der Waals surface area contributed by atoms with Crippen LogP contribution in [0.3, 0.4) is 0 Å². The van der Waals surface area contributed by atoms with Gasteiger partial charge in [-0.3, -0.25) is 9.48 Å². The van der Waals surface area contributed by atoms with Crippen molar-refractivity contribution in [1.82, 2.24) is 19.7 Å². The Morgan fingerprint density at radius 3 is 2.81 bits per heavy atom. The van der Waals surface area contributed by atoms with Crippen LogP contribution in [0.5, 0.6) is 0 Å². The van der Waals surface area contributed by atoms with E-state index < -0.39 is 0 Å². The minimum absolute atomic E-state index is 0.0140. The molecular weight excluding hydrogens is 366 g/mol. The summed E-state index contributed by atoms with van der Waals surface area (Å²) in [5.74, 6) is 0.666. The zero-order chi connectivity index (χ0) is 18.8. The zero-order valence-electron chi connectivity index (χ0n) is 15.0. The van der Waals surface area contributed by atoms with Gasteiger partial charge in [-0.15, -0.1) is 0 Å². The Hall–Kier alpha value is -2.64. The summed E-state index contributed by atoms with van der Waals surface area (Å²) in [6.07, 6.45) is 1.60. The van der Waals surface area contributed by atoms with Crippen LogP contribution in [0, 0.1) is 0 Å². The first-order valence-corrected chi connectivity index (χ1v) is 9.18. The molecule has 4 rings (SSSR count). The molecule has 0 bridgehead atoms. The molecule has 1 N–H and O–H groups in total. The van der Waals surface area contributed by atoms with Gasteiger partial charge in [0.2, 0.25) is 0 Å². The predicted octanol–water partition coefficient (Wildman–Crippen LogP) is 2.71. The quantitative estimate of drug-likeness (QED) is 0.747. The zero-order valence-corrected chi connectivity index (χ0v) is 15.7. The monoisotopic (exact) mass is 385 g/mol. The summed E-state index contributed by atoms with van der Waals surface area (Å²) in [5, 5.41) is 9.41. The third kappa shape index (κ3) is 3.61. The van der Waals surface area contributed by atoms with Crippen molar-refractivity contribution in [2.24, 2.45) is 7.05 Å². The van der Waals surface area contributed by atoms with E-state index in [-0.39, 0.29) is 5.91 Å². The van der Waals surface area contributed by atoms with Crippen LogP contribution in [-0.2, 0) is 18.3 Å². The number of anilines is 1. The lowest BCUT2D eigenvalue weighted by Crippen LogP contribution is -2.40. The Bertz CT molecular complexity index is 964. The Balaban J connectivity index is 1.46. The minimum atomic E-state index is -0.0140. The summed E-state index contributed by atoms with van der Waals surface area (Å²) < 4.78 is 7.10. The highest BCUT2D eigenvalue weighted by Crippen LogP contribution is 2.26. The fourth-order valence-electron chi connectivity index (χ4n) is 3.23. The fraction of sp³-hybridized carbons (Fsp3) is 0.316. The van der Waals surface area contributed by atoms with Gasteiger partial charge in [-0.05, 0) is 24.3 Å². The van der Waals surface area contributed by atoms with E-state index in [9.17, 15) is 4.79 Å². The Morgan fingerprint density at radius 1 is 1.26 bits per heavy atom. The molecule has 1 amide bonds. The number of fused-ring (bicyclic) bond motifs is 1. The van der Waals surface area contributed by atoms with Crippen molar-refractivity contribution in [2.75, 3.05) is 31.6 Å². The van der Waals surface area contributed by atoms with Crippen LogP contribution < -0.4 is 5.32 Å². The highest BCUT2D eigenvalue weighted by atomic mass is 35.5. The van der Waals surface area contributed by atoms with Crippen LogP contribution in [-0.4, -0.2) is 51.9 Å². The Morgan fingerprint density at radius 2 is 2.07 bits per heavy atom. The lowest BCUT2D eigenvalue weighted by molar-refractivity contribution is 0.0302. The molecule has 0 aliphatic carbocycles. The van der Waals surface area contributed by atoms with E-state index in [1.807, 2.05) is 29.9 Å². The Labute approximate surface area is 161 Å². The van der Waals surface area contributed by atoms with Gasteiger partial charge in [-0.1, -0.05) is 17.7 Å². The number of amides is 1. The second-order valence-electron chi connectivity index (χ2n) is 6.39. The lowest BCUT2D eigenvalue weighted by Gasteiger charge is -2.26. The molecule has 140 valence electrons. The number of hydrogen-bond acceptors (Lipinski definition) is 5. The molecule has 2 aromatic heterocycles. The summed E-state index contributed by atoms with van der Waals surface area (Å²) in [7, 11) is 1.90. The molecule has 0 unspecified atom stereocenters. The minimum Gasteiger partial charge on any atom is -0.378 e. The van der Waals surface area contributed by atoms with E-state index in [0.29, 0.717) is 49.3 Å². The van der Waals surface area contributed by atoms with Gasteiger partial charge in [0.25, 0.3) is 5.91 Å². The standard InChI is InChI=1S/C19H20ClN5O2/c1-24-16-4-2-3-14(20)18(16)15(23-24)12-22-17-6-5-13(11-21-17)19(26)25-7-9-27-10-8-25/h2-6,11H,7-10,12H2,1H3,(H,21,22). The SMILES string of the molecule is Cn1nc(CNc2ccc(C(=O)N3CCOCC3)cn2)c2c(Cl)cccc21. The fourth-order valence-corrected chi connectivity index (χ4v) is 3.50. The molecular formula is C19H20ClN5O2. The van der Waals surface area contributed by atoms with E-state index in [4.69, 9.17) is 16.3 Å². The van der Waals surface area contributed by atoms with Gasteiger partial charge in [-0.2, -0.15) is 5.10 Å². The summed E-state index contributed by atoms with van der Waals surface area (Å²) in [6.45, 7) is 2.89. The van der Waals surface area contributed by atoms with Crippen molar-refractivity contribution in [3.8, 4) is 0 Å². The maximum Gasteiger partial charge on any atom is 0.255 e. The lowest BCUT2D eigenvalue weighted by atomic mass is 10.2. The van der Waals surface area contributed by atoms with Crippen molar-refractivity contribution < 1.29 is 9.53 Å². The first kappa shape index (κ1) is 17.8. The second kappa shape index (κ2) is 7.54. The number of rotatable bonds is 4. The highest BCUT2D eigenvalue weighted by Gasteiger charge is 2.18. The predicted molar refractivity (Wildman–Crippen MR) is 104 cm³/mol. The van der Waals surface area contributed by atoms with Gasteiger partial charge < -0.3 is 15.0 Å². The molecule has 1 aliphatic rings. The van der Waals surface area contributed by atoms with Crippen molar-refractivity contribution >= 4 is 34.2 Å². The van der Waals surface area contributed by atoms with Crippen molar-refractivity contribution in [3.63, 3.8) is 0 Å². The molecule has 1 saturated heterocycles. The number of carbonyl (C=O) groups excluding carboxylic acids is 1. The van der Waals surface area contributed by atoms with Gasteiger partial charge in [0, 0.05) is 31.7 Å². The number of nitrogens with zero attached hydrogens (tertiary/aromatic N) is 4. The van der Waals surface area contributed by atoms with E-state index in [1.165, 1.54) is 0 Å². The molecule has 0 atom stereocenters. The summed E-state index contributed by atoms with van der Waals surface area (Å²) >= 11 is 6.34. The van der Waals surface area contributed by atoms with Crippen LogP contribution in [0.1, 0.15) is 16.1 Å². The molecule has 3 aromatic rings. The van der Waals surface area contributed by atoms with Gasteiger partial charge >= 0.3 is 0 Å². The molecule has 0 radical (unpaired) electrons. The van der Waals surface area contributed by atoms with Crippen LogP contribution in [0.2, 0.25) is 5.02 Å². The number of carbonyl (C=O) groups is 1. The first-order chi connectivity index (χ1) is 13.1. The van der Waals surface area contributed by atoms with Gasteiger partial charge in [0.1, 0.15) is 5.82 Å². The molecule has 3 heterocycles. The normalized spacial score (nSPS) is 14.5. The van der Waals surface area contributed by atoms with E-state index in [2.05, 4.69) is 15.4 Å². The first-order valence-electron chi connectivity index (χ1n) is 8.80. The smallest absolute Gasteiger partial charge is 0.255 e. The van der Waals surface area contributed by atoms with Crippen LogP contribution in [0.15, 0.2) is 36.5 Å². The maximum atomic E-state index is 12.5. The molecule has 27 heavy (non-hydrogen) atoms. The van der Waals surface area contributed by atoms with E-state index >= 15 is 0 Å². The van der Waals surface area contributed by atoms with Crippen molar-refractivity contribution in [2.45, 2.75) is 6.54 Å². The Kier molecular flexibility index (Phi) is 4.96. The topological polar surface area (TPSA) is 72.3 Å². The second-order valence-corrected chi connectivity index (χ2v) is 6.80. The van der Waals surface area contributed by atoms with Gasteiger partial charge in [0.15, 0.2) is 0 Å². The molecule has 0 spiro atoms. The summed E-state index contributed by atoms with van der Waals surface area (Å²) in [5.41, 5.74) is 2.42. The number of nitrogens with one attached hydrogen (secondary N) is 1. The molecule has 1 aromatic carbocycles. The number of benzene rings is 1. The van der Waals surface area contributed by atoms with Gasteiger partial charge in [0.05, 0.1) is 41.6 Å². The average Bonchev–Trinajstić information content (AvgIpc) is 3.04. The number of aromatic nitrogens is 3. The molecule has 0 saturated carbocycles. The van der Waals surface area contributed by atoms with Crippen molar-refractivity contribution in [3.05, 3.63) is 52.8 Å². The molecule has 8 heteroatoms. The maximum absolute atomic E-state index is 12.5. The summed E-state index contributed by atoms with van der Waals surface area (Å²) in [4.78, 5) is 18.6. The van der Waals surface area contributed by atoms with Crippen LogP contribution in [0.4, 0.5) is 5.82 Å². The van der Waals surface area contributed by atoms with Crippen LogP contribution in [0.25, 0.3) is 10.9 Å². The van der Waals surface area contributed by atoms with E-state index in [1.54, 1.807) is 23.2 Å². The molecule has 7 nitrogen and oxygen atoms in total. The number of halogens is 1. The van der Waals surface area contributed by atoms with Gasteiger partial charge in [-0.25, -0.2) is 4.98 Å². The molecule has 1 aliphatic heterocycles. The number of aryl methyl sites for hydroxylation is 1. The summed E-state index contributed by atoms with van der Waals surface area (Å²) in [6, 6.07) is 9.35. The largest absolute Gasteiger partial charge is 0.378 e. The average molecular weight is 386 g/mol. The number of ether oxygens (including phenoxy) is 1.